The van der Waals surface area contributed by atoms with Gasteiger partial charge in [-0.1, -0.05) is 0 Å². The molecule has 0 heterocycles. The van der Waals surface area contributed by atoms with Gasteiger partial charge in [-0.15, -0.1) is 0 Å². The van der Waals surface area contributed by atoms with Gasteiger partial charge in [-0.2, -0.15) is 0 Å². The highest BCUT2D eigenvalue weighted by molar-refractivity contribution is 5.97. The van der Waals surface area contributed by atoms with Crippen molar-refractivity contribution in [2.45, 2.75) is 6.42 Å². The van der Waals surface area contributed by atoms with Gasteiger partial charge in [-0.05, 0) is 12.5 Å². The van der Waals surface area contributed by atoms with Gasteiger partial charge in [0.05, 0.1) is 4.92 Å². The Balaban J connectivity index is 3.15. The molecule has 0 aromatic heterocycles. The normalized spacial score (nSPS) is 10.7. The molecule has 0 saturated carbocycles. The lowest BCUT2D eigenvalue weighted by Gasteiger charge is -1.87. The summed E-state index contributed by atoms with van der Waals surface area (Å²) in [4.78, 5) is 9.17. The van der Waals surface area contributed by atoms with Gasteiger partial charge < -0.3 is 4.43 Å². The van der Waals surface area contributed by atoms with Crippen LogP contribution in [0.1, 0.15) is 6.42 Å². The number of rotatable bonds is 4. The van der Waals surface area contributed by atoms with Crippen molar-refractivity contribution in [3.05, 3.63) is 22.4 Å². The van der Waals surface area contributed by atoms with E-state index in [1.165, 1.54) is 6.08 Å². The van der Waals surface area contributed by atoms with Crippen molar-refractivity contribution >= 4 is 10.5 Å². The van der Waals surface area contributed by atoms with E-state index in [1.54, 1.807) is 0 Å². The molecule has 0 rings (SSSR count). The van der Waals surface area contributed by atoms with Crippen molar-refractivity contribution in [2.75, 3.05) is 6.61 Å². The van der Waals surface area contributed by atoms with Crippen LogP contribution in [0.15, 0.2) is 12.3 Å². The minimum Gasteiger partial charge on any atom is -0.428 e. The van der Waals surface area contributed by atoms with Crippen LogP contribution >= 0.6 is 0 Å². The van der Waals surface area contributed by atoms with Crippen molar-refractivity contribution in [1.29, 1.82) is 0 Å². The Morgan fingerprint density at radius 3 is 2.89 bits per heavy atom. The summed E-state index contributed by atoms with van der Waals surface area (Å²) in [6.45, 7) is 0.594. The standard InChI is InChI=1S/C4H9NO3Si/c6-5(7)3-1-2-4-8-9/h1,3H,2,4H2,9H3. The Hall–Kier alpha value is -0.683. The predicted octanol–water partition coefficient (Wildman–Crippen LogP) is -0.536. The van der Waals surface area contributed by atoms with E-state index in [0.29, 0.717) is 23.5 Å². The van der Waals surface area contributed by atoms with E-state index in [2.05, 4.69) is 0 Å². The fourth-order valence-electron chi connectivity index (χ4n) is 0.346. The molecular formula is C4H9NO3Si. The van der Waals surface area contributed by atoms with E-state index < -0.39 is 4.92 Å². The zero-order valence-electron chi connectivity index (χ0n) is 5.24. The average Bonchev–Trinajstić information content (AvgIpc) is 1.80. The molecule has 0 aliphatic heterocycles. The minimum atomic E-state index is -0.479. The molecule has 0 radical (unpaired) electrons. The molecule has 0 aliphatic rings. The summed E-state index contributed by atoms with van der Waals surface area (Å²) in [7, 11) is 0.698. The molecule has 0 aromatic rings. The maximum absolute atomic E-state index is 9.65. The maximum atomic E-state index is 9.65. The zero-order chi connectivity index (χ0) is 7.11. The molecule has 0 bridgehead atoms. The summed E-state index contributed by atoms with van der Waals surface area (Å²) in [6.07, 6.45) is 3.04. The first kappa shape index (κ1) is 8.32. The van der Waals surface area contributed by atoms with Crippen LogP contribution in [-0.4, -0.2) is 22.0 Å². The van der Waals surface area contributed by atoms with Crippen LogP contribution in [0.2, 0.25) is 0 Å². The third-order valence-corrected chi connectivity index (χ3v) is 1.12. The Morgan fingerprint density at radius 1 is 1.78 bits per heavy atom. The summed E-state index contributed by atoms with van der Waals surface area (Å²) >= 11 is 0. The number of nitro groups is 1. The first-order valence-electron chi connectivity index (χ1n) is 2.56. The maximum Gasteiger partial charge on any atom is 0.230 e. The lowest BCUT2D eigenvalue weighted by atomic mass is 10.4. The van der Waals surface area contributed by atoms with Crippen LogP contribution < -0.4 is 0 Å². The molecule has 9 heavy (non-hydrogen) atoms. The predicted molar refractivity (Wildman–Crippen MR) is 36.6 cm³/mol. The molecule has 4 nitrogen and oxygen atoms in total. The van der Waals surface area contributed by atoms with Crippen molar-refractivity contribution in [3.63, 3.8) is 0 Å². The monoisotopic (exact) mass is 147 g/mol. The lowest BCUT2D eigenvalue weighted by Crippen LogP contribution is -1.87. The number of hydrogen-bond donors (Lipinski definition) is 0. The first-order chi connectivity index (χ1) is 4.27. The van der Waals surface area contributed by atoms with Gasteiger partial charge in [0.1, 0.15) is 10.5 Å². The molecular weight excluding hydrogens is 138 g/mol. The van der Waals surface area contributed by atoms with Crippen molar-refractivity contribution in [2.24, 2.45) is 0 Å². The van der Waals surface area contributed by atoms with E-state index in [-0.39, 0.29) is 0 Å². The molecule has 0 aromatic carbocycles. The van der Waals surface area contributed by atoms with E-state index in [4.69, 9.17) is 4.43 Å². The number of hydrogen-bond acceptors (Lipinski definition) is 3. The fraction of sp³-hybridized carbons (Fsp3) is 0.500. The highest BCUT2D eigenvalue weighted by Gasteiger charge is 1.82. The molecule has 52 valence electrons. The molecule has 5 heteroatoms. The van der Waals surface area contributed by atoms with Gasteiger partial charge >= 0.3 is 0 Å². The van der Waals surface area contributed by atoms with Crippen LogP contribution in [-0.2, 0) is 4.43 Å². The molecule has 0 fully saturated rings. The largest absolute Gasteiger partial charge is 0.428 e. The lowest BCUT2D eigenvalue weighted by molar-refractivity contribution is -0.402. The Labute approximate surface area is 56.2 Å². The van der Waals surface area contributed by atoms with Gasteiger partial charge in [0.2, 0.25) is 6.20 Å². The molecule has 0 unspecified atom stereocenters. The fourth-order valence-corrected chi connectivity index (χ4v) is 0.582. The Kier molecular flexibility index (Phi) is 5.04. The second-order valence-corrected chi connectivity index (χ2v) is 2.03. The van der Waals surface area contributed by atoms with Crippen LogP contribution in [0, 0.1) is 10.1 Å². The SMILES string of the molecule is O=[N+]([O-])C=CCCO[SiH3]. The molecule has 0 aliphatic carbocycles. The first-order valence-corrected chi connectivity index (χ1v) is 3.38. The van der Waals surface area contributed by atoms with Crippen LogP contribution in [0.4, 0.5) is 0 Å². The van der Waals surface area contributed by atoms with Crippen molar-refractivity contribution in [1.82, 2.24) is 0 Å². The topological polar surface area (TPSA) is 52.4 Å². The highest BCUT2D eigenvalue weighted by Crippen LogP contribution is 1.82. The van der Waals surface area contributed by atoms with Crippen molar-refractivity contribution < 1.29 is 9.35 Å². The average molecular weight is 147 g/mol. The van der Waals surface area contributed by atoms with E-state index in [1.807, 2.05) is 0 Å². The molecule has 0 N–H and O–H groups in total. The third-order valence-electron chi connectivity index (χ3n) is 0.716. The van der Waals surface area contributed by atoms with Gasteiger partial charge in [0.15, 0.2) is 0 Å². The third kappa shape index (κ3) is 7.32. The smallest absolute Gasteiger partial charge is 0.230 e. The summed E-state index contributed by atoms with van der Waals surface area (Å²) in [5, 5.41) is 9.65. The molecule has 0 saturated heterocycles. The highest BCUT2D eigenvalue weighted by atomic mass is 28.2. The van der Waals surface area contributed by atoms with Gasteiger partial charge in [0, 0.05) is 6.61 Å². The zero-order valence-corrected chi connectivity index (χ0v) is 7.24. The van der Waals surface area contributed by atoms with Gasteiger partial charge in [-0.3, -0.25) is 10.1 Å². The minimum absolute atomic E-state index is 0.479. The molecule has 0 spiro atoms. The van der Waals surface area contributed by atoms with E-state index >= 15 is 0 Å². The number of nitrogens with zero attached hydrogens (tertiary/aromatic N) is 1. The second kappa shape index (κ2) is 5.45. The second-order valence-electron chi connectivity index (χ2n) is 1.45. The Morgan fingerprint density at radius 2 is 2.44 bits per heavy atom. The van der Waals surface area contributed by atoms with E-state index in [9.17, 15) is 10.1 Å². The van der Waals surface area contributed by atoms with Crippen LogP contribution in [0.5, 0.6) is 0 Å². The summed E-state index contributed by atoms with van der Waals surface area (Å²) in [6, 6.07) is 0. The summed E-state index contributed by atoms with van der Waals surface area (Å²) in [5.74, 6) is 0. The van der Waals surface area contributed by atoms with E-state index in [0.717, 1.165) is 6.20 Å². The Bertz CT molecular complexity index is 114. The van der Waals surface area contributed by atoms with Gasteiger partial charge in [-0.25, -0.2) is 0 Å². The summed E-state index contributed by atoms with van der Waals surface area (Å²) in [5.41, 5.74) is 0. The van der Waals surface area contributed by atoms with Crippen LogP contribution in [0.25, 0.3) is 0 Å². The quantitative estimate of drug-likeness (QED) is 0.232. The van der Waals surface area contributed by atoms with Crippen molar-refractivity contribution in [3.8, 4) is 0 Å². The summed E-state index contributed by atoms with van der Waals surface area (Å²) < 4.78 is 4.79. The van der Waals surface area contributed by atoms with Crippen LogP contribution in [0.3, 0.4) is 0 Å². The van der Waals surface area contributed by atoms with Gasteiger partial charge in [0.25, 0.3) is 0 Å². The molecule has 0 amide bonds. The molecule has 0 atom stereocenters.